The number of piperazine rings is 2. The number of benzene rings is 4. The van der Waals surface area contributed by atoms with Crippen molar-refractivity contribution in [3.05, 3.63) is 94.0 Å². The fraction of sp³-hybridized carbons (Fsp3) is 0.238. The Morgan fingerprint density at radius 1 is 0.526 bits per heavy atom. The molecule has 0 radical (unpaired) electrons. The quantitative estimate of drug-likeness (QED) is 0.118. The van der Waals surface area contributed by atoms with Gasteiger partial charge in [-0.25, -0.2) is 0 Å². The van der Waals surface area contributed by atoms with Crippen molar-refractivity contribution < 1.29 is 19.2 Å². The molecule has 4 amide bonds. The first-order chi connectivity index (χ1) is 27.2. The zero-order chi connectivity index (χ0) is 41.0. The molecule has 8 N–H and O–H groups in total. The van der Waals surface area contributed by atoms with Crippen LogP contribution in [0.3, 0.4) is 0 Å². The smallest absolute Gasteiger partial charge is 0.246 e. The Labute approximate surface area is 346 Å². The number of carbonyl (C=O) groups excluding carboxylic acids is 4. The lowest BCUT2D eigenvalue weighted by Gasteiger charge is -2.33. The normalized spacial score (nSPS) is 14.8. The van der Waals surface area contributed by atoms with E-state index in [1.54, 1.807) is 56.0 Å². The molecular formula is C42H44Cl2N8O4S. The van der Waals surface area contributed by atoms with E-state index in [9.17, 15) is 19.2 Å². The number of amides is 4. The first-order valence-electron chi connectivity index (χ1n) is 18.3. The molecule has 57 heavy (non-hydrogen) atoms. The van der Waals surface area contributed by atoms with Crippen LogP contribution in [0.25, 0.3) is 34.4 Å². The van der Waals surface area contributed by atoms with Crippen molar-refractivity contribution in [3.8, 4) is 22.3 Å². The van der Waals surface area contributed by atoms with Crippen molar-refractivity contribution in [1.29, 1.82) is 0 Å². The summed E-state index contributed by atoms with van der Waals surface area (Å²) in [7, 11) is 0. The molecule has 296 valence electrons. The highest BCUT2D eigenvalue weighted by molar-refractivity contribution is 7.99. The Morgan fingerprint density at radius 2 is 0.877 bits per heavy atom. The fourth-order valence-electron chi connectivity index (χ4n) is 6.76. The Kier molecular flexibility index (Phi) is 12.7. The van der Waals surface area contributed by atoms with E-state index in [4.69, 9.17) is 46.1 Å². The molecule has 12 nitrogen and oxygen atoms in total. The fourth-order valence-corrected chi connectivity index (χ4v) is 8.45. The number of nitrogen functional groups attached to an aromatic ring is 4. The van der Waals surface area contributed by atoms with Gasteiger partial charge in [-0.1, -0.05) is 59.2 Å². The summed E-state index contributed by atoms with van der Waals surface area (Å²) in [6.45, 7) is 6.74. The summed E-state index contributed by atoms with van der Waals surface area (Å²) in [4.78, 5) is 58.2. The van der Waals surface area contributed by atoms with Crippen LogP contribution in [0, 0.1) is 0 Å². The van der Waals surface area contributed by atoms with E-state index >= 15 is 0 Å². The van der Waals surface area contributed by atoms with Gasteiger partial charge < -0.3 is 42.5 Å². The maximum atomic E-state index is 13.2. The van der Waals surface area contributed by atoms with Gasteiger partial charge in [0.1, 0.15) is 0 Å². The van der Waals surface area contributed by atoms with Crippen molar-refractivity contribution in [1.82, 2.24) is 19.6 Å². The summed E-state index contributed by atoms with van der Waals surface area (Å²) in [6, 6.07) is 18.0. The van der Waals surface area contributed by atoms with E-state index in [2.05, 4.69) is 0 Å². The summed E-state index contributed by atoms with van der Waals surface area (Å²) in [5, 5.41) is 0.810. The van der Waals surface area contributed by atoms with Gasteiger partial charge in [0, 0.05) is 99.3 Å². The van der Waals surface area contributed by atoms with Gasteiger partial charge >= 0.3 is 0 Å². The minimum Gasteiger partial charge on any atom is -0.397 e. The van der Waals surface area contributed by atoms with Gasteiger partial charge in [0.25, 0.3) is 0 Å². The predicted octanol–water partition coefficient (Wildman–Crippen LogP) is 6.22. The molecule has 15 heteroatoms. The van der Waals surface area contributed by atoms with Crippen LogP contribution < -0.4 is 22.9 Å². The van der Waals surface area contributed by atoms with Gasteiger partial charge in [-0.05, 0) is 70.8 Å². The van der Waals surface area contributed by atoms with Gasteiger partial charge in [0.15, 0.2) is 0 Å². The average Bonchev–Trinajstić information content (AvgIpc) is 3.20. The van der Waals surface area contributed by atoms with Crippen LogP contribution in [0.4, 0.5) is 22.7 Å². The second kappa shape index (κ2) is 17.7. The van der Waals surface area contributed by atoms with E-state index < -0.39 is 0 Å². The van der Waals surface area contributed by atoms with Crippen molar-refractivity contribution in [2.24, 2.45) is 0 Å². The topological polar surface area (TPSA) is 185 Å². The largest absolute Gasteiger partial charge is 0.397 e. The zero-order valence-electron chi connectivity index (χ0n) is 31.6. The number of nitrogens with two attached hydrogens (primary N) is 4. The third kappa shape index (κ3) is 9.33. The summed E-state index contributed by atoms with van der Waals surface area (Å²) in [5.41, 5.74) is 30.3. The molecule has 2 aliphatic heterocycles. The Morgan fingerprint density at radius 3 is 1.21 bits per heavy atom. The minimum absolute atomic E-state index is 0.0115. The van der Waals surface area contributed by atoms with E-state index in [0.717, 1.165) is 0 Å². The second-order valence-corrected chi connectivity index (χ2v) is 15.6. The summed E-state index contributed by atoms with van der Waals surface area (Å²) in [5.74, 6) is -0.376. The summed E-state index contributed by atoms with van der Waals surface area (Å²) >= 11 is 15.9. The highest BCUT2D eigenvalue weighted by Crippen LogP contribution is 2.47. The number of carbonyl (C=O) groups is 4. The maximum absolute atomic E-state index is 13.2. The van der Waals surface area contributed by atoms with Crippen LogP contribution in [-0.2, 0) is 19.2 Å². The average molecular weight is 828 g/mol. The van der Waals surface area contributed by atoms with Crippen molar-refractivity contribution in [2.75, 3.05) is 75.3 Å². The number of nitrogens with zero attached hydrogens (tertiary/aromatic N) is 4. The predicted molar refractivity (Wildman–Crippen MR) is 231 cm³/mol. The number of hydrogen-bond donors (Lipinski definition) is 4. The van der Waals surface area contributed by atoms with E-state index in [1.165, 1.54) is 37.8 Å². The summed E-state index contributed by atoms with van der Waals surface area (Å²) < 4.78 is 0. The lowest BCUT2D eigenvalue weighted by atomic mass is 9.98. The van der Waals surface area contributed by atoms with E-state index in [1.807, 2.05) is 36.4 Å². The van der Waals surface area contributed by atoms with Crippen LogP contribution in [-0.4, -0.2) is 95.6 Å². The van der Waals surface area contributed by atoms with Gasteiger partial charge in [0.05, 0.1) is 32.8 Å². The van der Waals surface area contributed by atoms with Crippen LogP contribution in [0.2, 0.25) is 10.0 Å². The number of rotatable bonds is 8. The molecule has 0 bridgehead atoms. The van der Waals surface area contributed by atoms with E-state index in [0.29, 0.717) is 128 Å². The maximum Gasteiger partial charge on any atom is 0.246 e. The molecule has 4 aromatic carbocycles. The van der Waals surface area contributed by atoms with E-state index in [-0.39, 0.29) is 23.6 Å². The molecule has 2 aliphatic rings. The van der Waals surface area contributed by atoms with Crippen molar-refractivity contribution in [2.45, 2.75) is 23.6 Å². The van der Waals surface area contributed by atoms with Crippen LogP contribution in [0.15, 0.2) is 82.6 Å². The van der Waals surface area contributed by atoms with Gasteiger partial charge in [-0.2, -0.15) is 0 Å². The summed E-state index contributed by atoms with van der Waals surface area (Å²) in [6.07, 6.45) is 6.47. The Hall–Kier alpha value is -5.63. The SMILES string of the molecule is CC(=O)N1CCN(C(=O)/C=C/c2ccc(Sc3ccc(/C=C/C(=O)N4CCN(C(C)=O)CC4)c(-c4ccc(N)c(N)c4)c3Cl)c(Cl)c2-c2ccc(N)c(N)c2)CC1. The monoisotopic (exact) mass is 826 g/mol. The van der Waals surface area contributed by atoms with Crippen LogP contribution >= 0.6 is 35.0 Å². The molecule has 0 aliphatic carbocycles. The standard InChI is InChI=1S/C42H44Cl2N8O4S/c1-25(53)49-15-19-51(20-16-49)37(55)13-7-27-5-11-35(41(43)39(27)29-3-9-31(45)33(47)23-29)57-36-12-6-28(40(42(36)44)30-4-10-32(46)34(48)24-30)8-14-38(56)52-21-17-50(18-22-52)26(2)54/h3-14,23-24H,15-22,45-48H2,1-2H3/b13-7+,14-8+. The molecule has 0 aromatic heterocycles. The van der Waals surface area contributed by atoms with Crippen molar-refractivity contribution in [3.63, 3.8) is 0 Å². The molecule has 0 unspecified atom stereocenters. The molecule has 0 saturated carbocycles. The molecule has 2 heterocycles. The van der Waals surface area contributed by atoms with Gasteiger partial charge in [-0.3, -0.25) is 19.2 Å². The van der Waals surface area contributed by atoms with Gasteiger partial charge in [0.2, 0.25) is 23.6 Å². The Bertz CT molecular complexity index is 2140. The molecule has 4 aromatic rings. The molecule has 6 rings (SSSR count). The van der Waals surface area contributed by atoms with Crippen LogP contribution in [0.5, 0.6) is 0 Å². The molecule has 2 saturated heterocycles. The highest BCUT2D eigenvalue weighted by atomic mass is 35.5. The van der Waals surface area contributed by atoms with Crippen molar-refractivity contribution >= 4 is 93.5 Å². The van der Waals surface area contributed by atoms with Gasteiger partial charge in [-0.15, -0.1) is 0 Å². The third-order valence-electron chi connectivity index (χ3n) is 10.1. The number of anilines is 4. The first-order valence-corrected chi connectivity index (χ1v) is 19.9. The lowest BCUT2D eigenvalue weighted by Crippen LogP contribution is -2.49. The van der Waals surface area contributed by atoms with Crippen LogP contribution in [0.1, 0.15) is 25.0 Å². The zero-order valence-corrected chi connectivity index (χ0v) is 34.0. The second-order valence-electron chi connectivity index (χ2n) is 13.8. The molecular weight excluding hydrogens is 783 g/mol. The first kappa shape index (κ1) is 41.0. The Balaban J connectivity index is 1.34. The number of halogens is 2. The minimum atomic E-state index is -0.176. The highest BCUT2D eigenvalue weighted by Gasteiger charge is 2.24. The lowest BCUT2D eigenvalue weighted by molar-refractivity contribution is -0.135. The molecule has 0 atom stereocenters. The number of hydrogen-bond acceptors (Lipinski definition) is 9. The molecule has 2 fully saturated rings. The third-order valence-corrected chi connectivity index (χ3v) is 12.3. The molecule has 0 spiro atoms.